The minimum atomic E-state index is -4.42. The highest BCUT2D eigenvalue weighted by Crippen LogP contribution is 2.42. The van der Waals surface area contributed by atoms with Gasteiger partial charge in [0.05, 0.1) is 35.7 Å². The van der Waals surface area contributed by atoms with Crippen LogP contribution in [-0.4, -0.2) is 59.8 Å². The predicted molar refractivity (Wildman–Crippen MR) is 125 cm³/mol. The molecular formula is C24H27F5N8O2. The molecule has 2 fully saturated rings. The molecule has 39 heavy (non-hydrogen) atoms. The van der Waals surface area contributed by atoms with Crippen molar-refractivity contribution in [1.29, 1.82) is 0 Å². The average molecular weight is 555 g/mol. The standard InChI is InChI=1S/C24H27F5N8O2/c1-36-18(4-6-32-36)21(39)34-19(13-3-2-5-23(25,26)9-13)17-12-37-22(33-17)31-11-16(35-37)8-14-7-15(24(27,28)29)10-30-20(14)38/h4,6,11-15,19H,2-3,5,7-10H2,1H3,(H,30,38)(H,34,39)/t13-,14?,15-,19+/m1/s1. The van der Waals surface area contributed by atoms with E-state index in [4.69, 9.17) is 0 Å². The van der Waals surface area contributed by atoms with Gasteiger partial charge in [-0.2, -0.15) is 23.4 Å². The number of alkyl halides is 5. The topological polar surface area (TPSA) is 119 Å². The number of aryl methyl sites for hydroxylation is 1. The Morgan fingerprint density at radius 3 is 2.82 bits per heavy atom. The molecule has 0 spiro atoms. The number of nitrogens with zero attached hydrogens (tertiary/aromatic N) is 6. The Bertz CT molecular complexity index is 1370. The zero-order chi connectivity index (χ0) is 27.9. The molecule has 2 N–H and O–H groups in total. The number of amides is 2. The van der Waals surface area contributed by atoms with Crippen LogP contribution in [0.1, 0.15) is 60.0 Å². The van der Waals surface area contributed by atoms with Crippen LogP contribution in [-0.2, 0) is 18.3 Å². The van der Waals surface area contributed by atoms with Crippen LogP contribution in [0.15, 0.2) is 24.7 Å². The van der Waals surface area contributed by atoms with Crippen LogP contribution in [0.25, 0.3) is 5.78 Å². The van der Waals surface area contributed by atoms with E-state index >= 15 is 0 Å². The molecule has 4 atom stereocenters. The molecule has 1 aliphatic heterocycles. The molecule has 1 saturated carbocycles. The maximum atomic E-state index is 14.3. The normalized spacial score (nSPS) is 24.4. The number of aromatic nitrogens is 6. The number of fused-ring (bicyclic) bond motifs is 1. The molecule has 0 bridgehead atoms. The third kappa shape index (κ3) is 5.86. The highest BCUT2D eigenvalue weighted by Gasteiger charge is 2.45. The van der Waals surface area contributed by atoms with Crippen molar-refractivity contribution in [2.75, 3.05) is 6.54 Å². The maximum Gasteiger partial charge on any atom is 0.393 e. The van der Waals surface area contributed by atoms with E-state index < -0.39 is 60.7 Å². The second kappa shape index (κ2) is 10.2. The van der Waals surface area contributed by atoms with E-state index in [1.54, 1.807) is 7.05 Å². The summed E-state index contributed by atoms with van der Waals surface area (Å²) >= 11 is 0. The number of hydrogen-bond acceptors (Lipinski definition) is 6. The van der Waals surface area contributed by atoms with Gasteiger partial charge in [0.15, 0.2) is 0 Å². The Hall–Kier alpha value is -3.65. The molecule has 1 saturated heterocycles. The van der Waals surface area contributed by atoms with Gasteiger partial charge in [-0.05, 0) is 31.2 Å². The van der Waals surface area contributed by atoms with Crippen molar-refractivity contribution in [2.45, 2.75) is 56.7 Å². The lowest BCUT2D eigenvalue weighted by molar-refractivity contribution is -0.183. The Kier molecular flexibility index (Phi) is 7.01. The van der Waals surface area contributed by atoms with Gasteiger partial charge in [-0.25, -0.2) is 23.3 Å². The number of carbonyl (C=O) groups excluding carboxylic acids is 2. The summed E-state index contributed by atoms with van der Waals surface area (Å²) in [5, 5.41) is 13.5. The SMILES string of the molecule is Cn1nccc1C(=O)N[C@H](c1cn2nc(CC3C[C@@H](C(F)(F)F)CNC3=O)cnc2n1)[C@@H]1CCCC(F)(F)C1. The summed E-state index contributed by atoms with van der Waals surface area (Å²) in [4.78, 5) is 33.9. The van der Waals surface area contributed by atoms with Crippen LogP contribution in [0.2, 0.25) is 0 Å². The largest absolute Gasteiger partial charge is 0.393 e. The summed E-state index contributed by atoms with van der Waals surface area (Å²) in [6.45, 7) is -0.458. The molecule has 1 aliphatic carbocycles. The second-order valence-electron chi connectivity index (χ2n) is 10.3. The lowest BCUT2D eigenvalue weighted by Gasteiger charge is -2.34. The fourth-order valence-corrected chi connectivity index (χ4v) is 5.40. The number of hydrogen-bond donors (Lipinski definition) is 2. The number of nitrogens with one attached hydrogen (secondary N) is 2. The maximum absolute atomic E-state index is 14.3. The number of rotatable bonds is 6. The van der Waals surface area contributed by atoms with Crippen LogP contribution < -0.4 is 10.6 Å². The molecule has 0 radical (unpaired) electrons. The number of carbonyl (C=O) groups is 2. The zero-order valence-electron chi connectivity index (χ0n) is 21.0. The molecule has 2 amide bonds. The van der Waals surface area contributed by atoms with Gasteiger partial charge in [-0.1, -0.05) is 0 Å². The molecule has 15 heteroatoms. The van der Waals surface area contributed by atoms with Crippen LogP contribution in [0.5, 0.6) is 0 Å². The average Bonchev–Trinajstić information content (AvgIpc) is 3.48. The van der Waals surface area contributed by atoms with Gasteiger partial charge in [-0.3, -0.25) is 14.3 Å². The Labute approximate surface area is 219 Å². The summed E-state index contributed by atoms with van der Waals surface area (Å²) < 4.78 is 70.9. The third-order valence-corrected chi connectivity index (χ3v) is 7.44. The van der Waals surface area contributed by atoms with Crippen LogP contribution in [0, 0.1) is 17.8 Å². The first kappa shape index (κ1) is 26.9. The second-order valence-corrected chi connectivity index (χ2v) is 10.3. The smallest absolute Gasteiger partial charge is 0.355 e. The van der Waals surface area contributed by atoms with Crippen molar-refractivity contribution in [3.8, 4) is 0 Å². The molecule has 10 nitrogen and oxygen atoms in total. The predicted octanol–water partition coefficient (Wildman–Crippen LogP) is 3.01. The van der Waals surface area contributed by atoms with Gasteiger partial charge >= 0.3 is 6.18 Å². The van der Waals surface area contributed by atoms with Gasteiger partial charge < -0.3 is 10.6 Å². The van der Waals surface area contributed by atoms with Gasteiger partial charge in [0.1, 0.15) is 5.69 Å². The molecule has 0 aromatic carbocycles. The lowest BCUT2D eigenvalue weighted by Crippen LogP contribution is -2.47. The van der Waals surface area contributed by atoms with Gasteiger partial charge in [-0.15, -0.1) is 0 Å². The first-order valence-corrected chi connectivity index (χ1v) is 12.6. The van der Waals surface area contributed by atoms with Crippen LogP contribution >= 0.6 is 0 Å². The van der Waals surface area contributed by atoms with E-state index in [1.165, 1.54) is 33.9 Å². The highest BCUT2D eigenvalue weighted by atomic mass is 19.4. The summed E-state index contributed by atoms with van der Waals surface area (Å²) in [7, 11) is 1.59. The van der Waals surface area contributed by atoms with Gasteiger partial charge in [0.2, 0.25) is 11.8 Å². The third-order valence-electron chi connectivity index (χ3n) is 7.44. The summed E-state index contributed by atoms with van der Waals surface area (Å²) in [6, 6.07) is 0.633. The van der Waals surface area contributed by atoms with Gasteiger partial charge in [0.25, 0.3) is 11.7 Å². The van der Waals surface area contributed by atoms with Crippen LogP contribution in [0.3, 0.4) is 0 Å². The van der Waals surface area contributed by atoms with Crippen molar-refractivity contribution in [3.05, 3.63) is 41.7 Å². The molecular weight excluding hydrogens is 527 g/mol. The summed E-state index contributed by atoms with van der Waals surface area (Å²) in [6.07, 6.45) is -0.537. The van der Waals surface area contributed by atoms with Crippen molar-refractivity contribution in [2.24, 2.45) is 24.8 Å². The minimum Gasteiger partial charge on any atom is -0.355 e. The summed E-state index contributed by atoms with van der Waals surface area (Å²) in [5.41, 5.74) is 0.791. The molecule has 210 valence electrons. The highest BCUT2D eigenvalue weighted by molar-refractivity contribution is 5.92. The van der Waals surface area contributed by atoms with E-state index in [0.29, 0.717) is 6.42 Å². The first-order chi connectivity index (χ1) is 18.4. The Balaban J connectivity index is 1.41. The van der Waals surface area contributed by atoms with E-state index in [0.717, 1.165) is 0 Å². The molecule has 4 heterocycles. The summed E-state index contributed by atoms with van der Waals surface area (Å²) in [5.74, 6) is -6.94. The van der Waals surface area contributed by atoms with E-state index in [1.807, 2.05) is 0 Å². The number of piperidine rings is 1. The van der Waals surface area contributed by atoms with Crippen molar-refractivity contribution in [1.82, 2.24) is 40.0 Å². The lowest BCUT2D eigenvalue weighted by atomic mass is 9.80. The Morgan fingerprint density at radius 1 is 1.33 bits per heavy atom. The van der Waals surface area contributed by atoms with E-state index in [-0.39, 0.29) is 48.5 Å². The van der Waals surface area contributed by atoms with Crippen molar-refractivity contribution in [3.63, 3.8) is 0 Å². The Morgan fingerprint density at radius 2 is 2.13 bits per heavy atom. The molecule has 2 aliphatic rings. The van der Waals surface area contributed by atoms with Crippen LogP contribution in [0.4, 0.5) is 22.0 Å². The van der Waals surface area contributed by atoms with Gasteiger partial charge in [0, 0.05) is 45.0 Å². The quantitative estimate of drug-likeness (QED) is 0.453. The van der Waals surface area contributed by atoms with E-state index in [2.05, 4.69) is 30.8 Å². The fourth-order valence-electron chi connectivity index (χ4n) is 5.40. The van der Waals surface area contributed by atoms with Crippen molar-refractivity contribution < 1.29 is 31.5 Å². The molecule has 5 rings (SSSR count). The first-order valence-electron chi connectivity index (χ1n) is 12.6. The molecule has 3 aromatic rings. The fraction of sp³-hybridized carbons (Fsp3) is 0.583. The number of halogens is 5. The zero-order valence-corrected chi connectivity index (χ0v) is 21.0. The minimum absolute atomic E-state index is 0.0651. The van der Waals surface area contributed by atoms with E-state index in [9.17, 15) is 31.5 Å². The molecule has 3 aromatic heterocycles. The number of imidazole rings is 1. The monoisotopic (exact) mass is 554 g/mol. The molecule has 1 unspecified atom stereocenters. The van der Waals surface area contributed by atoms with Crippen molar-refractivity contribution >= 4 is 17.6 Å².